The quantitative estimate of drug-likeness (QED) is 0.667. The van der Waals surface area contributed by atoms with Crippen LogP contribution in [0.4, 0.5) is 0 Å². The summed E-state index contributed by atoms with van der Waals surface area (Å²) in [5.41, 5.74) is 1.17. The second-order valence-corrected chi connectivity index (χ2v) is 3.91. The van der Waals surface area contributed by atoms with Crippen LogP contribution in [-0.2, 0) is 6.42 Å². The molecule has 1 aromatic heterocycles. The maximum absolute atomic E-state index is 5.98. The van der Waals surface area contributed by atoms with E-state index in [0.29, 0.717) is 5.15 Å². The van der Waals surface area contributed by atoms with Gasteiger partial charge in [0.2, 0.25) is 0 Å². The Morgan fingerprint density at radius 2 is 2.00 bits per heavy atom. The van der Waals surface area contributed by atoms with Crippen molar-refractivity contribution in [3.8, 4) is 0 Å². The highest BCUT2D eigenvalue weighted by atomic mass is 35.5. The number of aromatic nitrogens is 1. The van der Waals surface area contributed by atoms with Crippen LogP contribution in [0.15, 0.2) is 24.4 Å². The van der Waals surface area contributed by atoms with E-state index in [4.69, 9.17) is 23.2 Å². The Kier molecular flexibility index (Phi) is 2.62. The van der Waals surface area contributed by atoms with Crippen LogP contribution in [0.2, 0.25) is 10.2 Å². The standard InChI is InChI=1S/C11H9Cl2N/c1-2-7-6-14-11(13)9-4-3-8(12)5-10(7)9/h3-6H,2H2,1H3. The van der Waals surface area contributed by atoms with Gasteiger partial charge in [-0.1, -0.05) is 30.1 Å². The average molecular weight is 226 g/mol. The van der Waals surface area contributed by atoms with Crippen LogP contribution < -0.4 is 0 Å². The maximum Gasteiger partial charge on any atom is 0.136 e. The summed E-state index contributed by atoms with van der Waals surface area (Å²) in [6.45, 7) is 2.09. The minimum Gasteiger partial charge on any atom is -0.244 e. The number of rotatable bonds is 1. The van der Waals surface area contributed by atoms with Gasteiger partial charge in [-0.05, 0) is 35.6 Å². The average Bonchev–Trinajstić information content (AvgIpc) is 2.18. The molecule has 0 atom stereocenters. The van der Waals surface area contributed by atoms with E-state index < -0.39 is 0 Å². The molecule has 0 aliphatic carbocycles. The first-order valence-corrected chi connectivity index (χ1v) is 5.20. The Morgan fingerprint density at radius 1 is 1.21 bits per heavy atom. The smallest absolute Gasteiger partial charge is 0.136 e. The van der Waals surface area contributed by atoms with Crippen LogP contribution >= 0.6 is 23.2 Å². The minimum absolute atomic E-state index is 0.536. The molecule has 0 aliphatic rings. The lowest BCUT2D eigenvalue weighted by atomic mass is 10.1. The third-order valence-corrected chi connectivity index (χ3v) is 2.80. The molecule has 0 unspecified atom stereocenters. The van der Waals surface area contributed by atoms with Crippen molar-refractivity contribution in [3.05, 3.63) is 40.1 Å². The maximum atomic E-state index is 5.98. The van der Waals surface area contributed by atoms with Crippen molar-refractivity contribution in [3.63, 3.8) is 0 Å². The molecule has 0 fully saturated rings. The summed E-state index contributed by atoms with van der Waals surface area (Å²) in [4.78, 5) is 4.13. The van der Waals surface area contributed by atoms with E-state index in [1.54, 1.807) is 6.20 Å². The zero-order valence-electron chi connectivity index (χ0n) is 7.72. The molecule has 3 heteroatoms. The summed E-state index contributed by atoms with van der Waals surface area (Å²) >= 11 is 11.9. The van der Waals surface area contributed by atoms with Gasteiger partial charge in [0.25, 0.3) is 0 Å². The molecule has 0 N–H and O–H groups in total. The zero-order chi connectivity index (χ0) is 10.1. The van der Waals surface area contributed by atoms with Crippen LogP contribution in [0.1, 0.15) is 12.5 Å². The van der Waals surface area contributed by atoms with Crippen LogP contribution in [0, 0.1) is 0 Å². The van der Waals surface area contributed by atoms with Gasteiger partial charge in [0, 0.05) is 16.6 Å². The summed E-state index contributed by atoms with van der Waals surface area (Å²) in [5.74, 6) is 0. The van der Waals surface area contributed by atoms with Gasteiger partial charge >= 0.3 is 0 Å². The van der Waals surface area contributed by atoms with Crippen LogP contribution in [0.25, 0.3) is 10.8 Å². The third-order valence-electron chi connectivity index (χ3n) is 2.26. The lowest BCUT2D eigenvalue weighted by Gasteiger charge is -2.05. The molecule has 0 spiro atoms. The Bertz CT molecular complexity index is 480. The van der Waals surface area contributed by atoms with Crippen LogP contribution in [0.3, 0.4) is 0 Å². The highest BCUT2D eigenvalue weighted by Crippen LogP contribution is 2.27. The predicted octanol–water partition coefficient (Wildman–Crippen LogP) is 4.10. The van der Waals surface area contributed by atoms with Crippen LogP contribution in [-0.4, -0.2) is 4.98 Å². The van der Waals surface area contributed by atoms with Gasteiger partial charge < -0.3 is 0 Å². The first-order chi connectivity index (χ1) is 6.72. The molecular weight excluding hydrogens is 217 g/mol. The summed E-state index contributed by atoms with van der Waals surface area (Å²) in [6.07, 6.45) is 2.74. The number of halogens is 2. The van der Waals surface area contributed by atoms with E-state index in [1.165, 1.54) is 5.56 Å². The van der Waals surface area contributed by atoms with Gasteiger partial charge in [-0.15, -0.1) is 0 Å². The second kappa shape index (κ2) is 3.76. The molecular formula is C11H9Cl2N. The van der Waals surface area contributed by atoms with E-state index in [-0.39, 0.29) is 0 Å². The molecule has 0 saturated heterocycles. The zero-order valence-corrected chi connectivity index (χ0v) is 9.23. The van der Waals surface area contributed by atoms with E-state index in [2.05, 4.69) is 11.9 Å². The molecule has 1 heterocycles. The fourth-order valence-corrected chi connectivity index (χ4v) is 1.90. The van der Waals surface area contributed by atoms with Gasteiger partial charge in [0.1, 0.15) is 5.15 Å². The fourth-order valence-electron chi connectivity index (χ4n) is 1.52. The molecule has 0 amide bonds. The topological polar surface area (TPSA) is 12.9 Å². The van der Waals surface area contributed by atoms with Crippen molar-refractivity contribution in [2.24, 2.45) is 0 Å². The molecule has 72 valence electrons. The van der Waals surface area contributed by atoms with Crippen molar-refractivity contribution < 1.29 is 0 Å². The monoisotopic (exact) mass is 225 g/mol. The number of hydrogen-bond acceptors (Lipinski definition) is 1. The van der Waals surface area contributed by atoms with E-state index in [9.17, 15) is 0 Å². The summed E-state index contributed by atoms with van der Waals surface area (Å²) < 4.78 is 0. The van der Waals surface area contributed by atoms with Gasteiger partial charge in [-0.2, -0.15) is 0 Å². The normalized spacial score (nSPS) is 10.8. The highest BCUT2D eigenvalue weighted by molar-refractivity contribution is 6.35. The van der Waals surface area contributed by atoms with Crippen LogP contribution in [0.5, 0.6) is 0 Å². The molecule has 0 radical (unpaired) electrons. The number of fused-ring (bicyclic) bond motifs is 1. The van der Waals surface area contributed by atoms with Crippen molar-refractivity contribution in [1.82, 2.24) is 4.98 Å². The Morgan fingerprint density at radius 3 is 2.71 bits per heavy atom. The molecule has 1 nitrogen and oxygen atoms in total. The van der Waals surface area contributed by atoms with Gasteiger partial charge in [-0.25, -0.2) is 4.98 Å². The summed E-state index contributed by atoms with van der Waals surface area (Å²) in [7, 11) is 0. The lowest BCUT2D eigenvalue weighted by Crippen LogP contribution is -1.87. The van der Waals surface area contributed by atoms with Gasteiger partial charge in [-0.3, -0.25) is 0 Å². The number of aryl methyl sites for hydroxylation is 1. The lowest BCUT2D eigenvalue weighted by molar-refractivity contribution is 1.13. The number of hydrogen-bond donors (Lipinski definition) is 0. The van der Waals surface area contributed by atoms with E-state index in [1.807, 2.05) is 18.2 Å². The first-order valence-electron chi connectivity index (χ1n) is 4.45. The van der Waals surface area contributed by atoms with Crippen molar-refractivity contribution in [1.29, 1.82) is 0 Å². The van der Waals surface area contributed by atoms with Crippen molar-refractivity contribution >= 4 is 34.0 Å². The Hall–Kier alpha value is -0.790. The second-order valence-electron chi connectivity index (χ2n) is 3.12. The summed E-state index contributed by atoms with van der Waals surface area (Å²) in [5, 5.41) is 3.33. The number of nitrogens with zero attached hydrogens (tertiary/aromatic N) is 1. The van der Waals surface area contributed by atoms with Crippen molar-refractivity contribution in [2.75, 3.05) is 0 Å². The number of pyridine rings is 1. The van der Waals surface area contributed by atoms with Crippen molar-refractivity contribution in [2.45, 2.75) is 13.3 Å². The third kappa shape index (κ3) is 1.58. The highest BCUT2D eigenvalue weighted by Gasteiger charge is 2.04. The molecule has 2 rings (SSSR count). The fraction of sp³-hybridized carbons (Fsp3) is 0.182. The molecule has 0 saturated carbocycles. The summed E-state index contributed by atoms with van der Waals surface area (Å²) in [6, 6.07) is 5.67. The van der Waals surface area contributed by atoms with Gasteiger partial charge in [0.05, 0.1) is 0 Å². The molecule has 0 aliphatic heterocycles. The molecule has 0 bridgehead atoms. The molecule has 14 heavy (non-hydrogen) atoms. The molecule has 1 aromatic carbocycles. The molecule has 2 aromatic rings. The minimum atomic E-state index is 0.536. The predicted molar refractivity (Wildman–Crippen MR) is 61.1 cm³/mol. The number of benzene rings is 1. The Labute approximate surface area is 92.7 Å². The SMILES string of the molecule is CCc1cnc(Cl)c2ccc(Cl)cc12. The first kappa shape index (κ1) is 9.75. The van der Waals surface area contributed by atoms with Gasteiger partial charge in [0.15, 0.2) is 0 Å². The van der Waals surface area contributed by atoms with E-state index in [0.717, 1.165) is 22.2 Å². The largest absolute Gasteiger partial charge is 0.244 e. The Balaban J connectivity index is 2.85. The van der Waals surface area contributed by atoms with E-state index >= 15 is 0 Å².